The third-order valence-corrected chi connectivity index (χ3v) is 2.88. The zero-order chi connectivity index (χ0) is 15.1. The van der Waals surface area contributed by atoms with Gasteiger partial charge in [0.05, 0.1) is 0 Å². The number of hydrogen-bond donors (Lipinski definition) is 0. The maximum Gasteiger partial charge on any atom is 0.330 e. The molecule has 0 aromatic heterocycles. The third kappa shape index (κ3) is 13.1. The molecular weight excluding hydrogens is 256 g/mol. The molecule has 20 heavy (non-hydrogen) atoms. The summed E-state index contributed by atoms with van der Waals surface area (Å²) in [6.07, 6.45) is 11.6. The lowest BCUT2D eigenvalue weighted by atomic mass is 10.1. The maximum absolute atomic E-state index is 11.4. The van der Waals surface area contributed by atoms with Gasteiger partial charge in [-0.05, 0) is 13.3 Å². The molecule has 0 N–H and O–H groups in total. The number of carbonyl (C=O) groups excluding carboxylic acids is 2. The summed E-state index contributed by atoms with van der Waals surface area (Å²) in [7, 11) is 0. The van der Waals surface area contributed by atoms with Crippen LogP contribution >= 0.6 is 0 Å². The van der Waals surface area contributed by atoms with Crippen LogP contribution in [0.3, 0.4) is 0 Å². The Balaban J connectivity index is 3.31. The second-order valence-corrected chi connectivity index (χ2v) is 4.76. The monoisotopic (exact) mass is 284 g/mol. The average Bonchev–Trinajstić information content (AvgIpc) is 2.43. The van der Waals surface area contributed by atoms with Crippen LogP contribution in [0.15, 0.2) is 12.2 Å². The van der Waals surface area contributed by atoms with Gasteiger partial charge in [-0.25, -0.2) is 4.79 Å². The standard InChI is InChI=1S/C16H28O4/c1-3-5-6-7-8-9-10-12-16(18)20-14-13-19-15(17)11-4-2/h4,11H,3,5-10,12-14H2,1-2H3/b11-4+. The largest absolute Gasteiger partial charge is 0.462 e. The maximum atomic E-state index is 11.4. The van der Waals surface area contributed by atoms with E-state index in [-0.39, 0.29) is 19.2 Å². The smallest absolute Gasteiger partial charge is 0.330 e. The van der Waals surface area contributed by atoms with Gasteiger partial charge in [0.2, 0.25) is 0 Å². The summed E-state index contributed by atoms with van der Waals surface area (Å²) in [5.74, 6) is -0.615. The summed E-state index contributed by atoms with van der Waals surface area (Å²) in [4.78, 5) is 22.3. The average molecular weight is 284 g/mol. The fourth-order valence-corrected chi connectivity index (χ4v) is 1.78. The van der Waals surface area contributed by atoms with E-state index in [1.165, 1.54) is 38.2 Å². The topological polar surface area (TPSA) is 52.6 Å². The highest BCUT2D eigenvalue weighted by molar-refractivity contribution is 5.81. The van der Waals surface area contributed by atoms with Gasteiger partial charge in [0, 0.05) is 12.5 Å². The van der Waals surface area contributed by atoms with Crippen LogP contribution in [-0.2, 0) is 19.1 Å². The minimum atomic E-state index is -0.407. The molecule has 0 unspecified atom stereocenters. The van der Waals surface area contributed by atoms with E-state index >= 15 is 0 Å². The van der Waals surface area contributed by atoms with Crippen molar-refractivity contribution in [2.24, 2.45) is 0 Å². The number of rotatable bonds is 12. The minimum Gasteiger partial charge on any atom is -0.462 e. The van der Waals surface area contributed by atoms with Crippen LogP contribution < -0.4 is 0 Å². The minimum absolute atomic E-state index is 0.117. The van der Waals surface area contributed by atoms with Crippen LogP contribution in [-0.4, -0.2) is 25.2 Å². The summed E-state index contributed by atoms with van der Waals surface area (Å²) in [6.45, 7) is 4.19. The van der Waals surface area contributed by atoms with Gasteiger partial charge in [-0.2, -0.15) is 0 Å². The number of allylic oxidation sites excluding steroid dienone is 1. The Bertz CT molecular complexity index is 284. The number of hydrogen-bond acceptors (Lipinski definition) is 4. The Hall–Kier alpha value is -1.32. The van der Waals surface area contributed by atoms with Crippen molar-refractivity contribution in [3.8, 4) is 0 Å². The lowest BCUT2D eigenvalue weighted by molar-refractivity contribution is -0.149. The van der Waals surface area contributed by atoms with Crippen LogP contribution in [0.25, 0.3) is 0 Å². The molecule has 0 radical (unpaired) electrons. The molecule has 0 amide bonds. The van der Waals surface area contributed by atoms with E-state index in [1.54, 1.807) is 13.0 Å². The van der Waals surface area contributed by atoms with E-state index in [4.69, 9.17) is 9.47 Å². The van der Waals surface area contributed by atoms with E-state index in [9.17, 15) is 9.59 Å². The van der Waals surface area contributed by atoms with Crippen molar-refractivity contribution in [3.63, 3.8) is 0 Å². The molecule has 0 saturated carbocycles. The molecule has 0 spiro atoms. The number of carbonyl (C=O) groups is 2. The summed E-state index contributed by atoms with van der Waals surface area (Å²) >= 11 is 0. The number of ether oxygens (including phenoxy) is 2. The van der Waals surface area contributed by atoms with Crippen LogP contribution in [0.5, 0.6) is 0 Å². The second-order valence-electron chi connectivity index (χ2n) is 4.76. The zero-order valence-corrected chi connectivity index (χ0v) is 12.9. The molecule has 0 fully saturated rings. The molecule has 4 nitrogen and oxygen atoms in total. The Labute approximate surface area is 122 Å². The molecule has 0 atom stereocenters. The third-order valence-electron chi connectivity index (χ3n) is 2.88. The Kier molecular flexibility index (Phi) is 13.2. The van der Waals surface area contributed by atoms with Gasteiger partial charge >= 0.3 is 11.9 Å². The molecule has 4 heteroatoms. The highest BCUT2D eigenvalue weighted by Crippen LogP contribution is 2.08. The molecule has 0 saturated heterocycles. The predicted molar refractivity (Wildman–Crippen MR) is 79.3 cm³/mol. The van der Waals surface area contributed by atoms with Gasteiger partial charge in [-0.3, -0.25) is 4.79 Å². The fourth-order valence-electron chi connectivity index (χ4n) is 1.78. The van der Waals surface area contributed by atoms with Crippen molar-refractivity contribution in [2.75, 3.05) is 13.2 Å². The first kappa shape index (κ1) is 18.7. The van der Waals surface area contributed by atoms with Crippen molar-refractivity contribution in [2.45, 2.75) is 65.2 Å². The van der Waals surface area contributed by atoms with E-state index in [0.29, 0.717) is 6.42 Å². The van der Waals surface area contributed by atoms with Crippen molar-refractivity contribution < 1.29 is 19.1 Å². The van der Waals surface area contributed by atoms with E-state index in [0.717, 1.165) is 12.8 Å². The Morgan fingerprint density at radius 3 is 2.15 bits per heavy atom. The van der Waals surface area contributed by atoms with Crippen molar-refractivity contribution in [3.05, 3.63) is 12.2 Å². The fraction of sp³-hybridized carbons (Fsp3) is 0.750. The Morgan fingerprint density at radius 1 is 0.900 bits per heavy atom. The van der Waals surface area contributed by atoms with Crippen LogP contribution in [0.2, 0.25) is 0 Å². The molecule has 0 rings (SSSR count). The lowest BCUT2D eigenvalue weighted by Crippen LogP contribution is -2.12. The molecule has 0 aromatic carbocycles. The highest BCUT2D eigenvalue weighted by atomic mass is 16.6. The normalized spacial score (nSPS) is 10.7. The first-order valence-corrected chi connectivity index (χ1v) is 7.65. The highest BCUT2D eigenvalue weighted by Gasteiger charge is 2.03. The summed E-state index contributed by atoms with van der Waals surface area (Å²) in [5.41, 5.74) is 0. The SMILES string of the molecule is C/C=C/C(=O)OCCOC(=O)CCCCCCCCC. The van der Waals surface area contributed by atoms with Gasteiger partial charge in [0.1, 0.15) is 13.2 Å². The van der Waals surface area contributed by atoms with Gasteiger partial charge < -0.3 is 9.47 Å². The van der Waals surface area contributed by atoms with Crippen LogP contribution in [0, 0.1) is 0 Å². The van der Waals surface area contributed by atoms with Gasteiger partial charge in [-0.1, -0.05) is 51.5 Å². The molecule has 0 aliphatic heterocycles. The summed E-state index contributed by atoms with van der Waals surface area (Å²) in [5, 5.41) is 0. The summed E-state index contributed by atoms with van der Waals surface area (Å²) in [6, 6.07) is 0. The second kappa shape index (κ2) is 14.1. The van der Waals surface area contributed by atoms with Gasteiger partial charge in [0.15, 0.2) is 0 Å². The van der Waals surface area contributed by atoms with Crippen molar-refractivity contribution >= 4 is 11.9 Å². The predicted octanol–water partition coefficient (Wildman–Crippen LogP) is 3.79. The van der Waals surface area contributed by atoms with Crippen molar-refractivity contribution in [1.82, 2.24) is 0 Å². The number of unbranched alkanes of at least 4 members (excludes halogenated alkanes) is 6. The summed E-state index contributed by atoms with van der Waals surface area (Å²) < 4.78 is 9.79. The molecule has 116 valence electrons. The van der Waals surface area contributed by atoms with Crippen molar-refractivity contribution in [1.29, 1.82) is 0 Å². The van der Waals surface area contributed by atoms with E-state index in [2.05, 4.69) is 6.92 Å². The van der Waals surface area contributed by atoms with Crippen LogP contribution in [0.4, 0.5) is 0 Å². The van der Waals surface area contributed by atoms with Gasteiger partial charge in [0.25, 0.3) is 0 Å². The Morgan fingerprint density at radius 2 is 1.50 bits per heavy atom. The molecular formula is C16H28O4. The zero-order valence-electron chi connectivity index (χ0n) is 12.9. The molecule has 0 heterocycles. The first-order valence-electron chi connectivity index (χ1n) is 7.65. The van der Waals surface area contributed by atoms with Crippen LogP contribution in [0.1, 0.15) is 65.2 Å². The molecule has 0 aliphatic rings. The van der Waals surface area contributed by atoms with Gasteiger partial charge in [-0.15, -0.1) is 0 Å². The molecule has 0 aliphatic carbocycles. The van der Waals surface area contributed by atoms with E-state index < -0.39 is 5.97 Å². The lowest BCUT2D eigenvalue weighted by Gasteiger charge is -2.05. The molecule has 0 aromatic rings. The number of esters is 2. The van der Waals surface area contributed by atoms with E-state index in [1.807, 2.05) is 0 Å². The quantitative estimate of drug-likeness (QED) is 0.311. The molecule has 0 bridgehead atoms. The first-order chi connectivity index (χ1) is 9.70.